The molecule has 0 fully saturated rings. The largest absolute Gasteiger partial charge is 0.300 e. The number of hydrogen-bond donors (Lipinski definition) is 0. The van der Waals surface area contributed by atoms with Gasteiger partial charge in [0.05, 0.1) is 0 Å². The molecular weight excluding hydrogens is 143 g/mol. The van der Waals surface area contributed by atoms with Crippen LogP contribution in [0.1, 0.15) is 12.5 Å². The predicted molar refractivity (Wildman–Crippen MR) is 39.6 cm³/mol. The fourth-order valence-corrected chi connectivity index (χ4v) is 0.856. The van der Waals surface area contributed by atoms with Crippen LogP contribution >= 0.6 is 0 Å². The second-order valence-electron chi connectivity index (χ2n) is 2.39. The number of halogens is 1. The lowest BCUT2D eigenvalue weighted by atomic mass is 10.1. The maximum atomic E-state index is 12.7. The molecule has 0 atom stereocenters. The van der Waals surface area contributed by atoms with E-state index in [0.717, 1.165) is 0 Å². The van der Waals surface area contributed by atoms with Crippen LogP contribution < -0.4 is 0 Å². The molecule has 1 aromatic carbocycles. The van der Waals surface area contributed by atoms with Gasteiger partial charge >= 0.3 is 0 Å². The molecule has 0 N–H and O–H groups in total. The van der Waals surface area contributed by atoms with E-state index in [1.807, 2.05) is 0 Å². The molecule has 1 nitrogen and oxygen atoms in total. The van der Waals surface area contributed by atoms with Gasteiger partial charge in [-0.2, -0.15) is 0 Å². The van der Waals surface area contributed by atoms with Crippen molar-refractivity contribution in [1.29, 1.82) is 0 Å². The van der Waals surface area contributed by atoms with Crippen molar-refractivity contribution in [1.82, 2.24) is 0 Å². The second kappa shape index (κ2) is 3.28. The van der Waals surface area contributed by atoms with Gasteiger partial charge < -0.3 is 0 Å². The maximum Gasteiger partial charge on any atom is 0.134 e. The minimum Gasteiger partial charge on any atom is -0.300 e. The molecule has 0 bridgehead atoms. The van der Waals surface area contributed by atoms with E-state index in [4.69, 9.17) is 0 Å². The SMILES string of the molecule is CC(=O)Cc1ccc[c]c1F. The van der Waals surface area contributed by atoms with E-state index < -0.39 is 5.82 Å². The summed E-state index contributed by atoms with van der Waals surface area (Å²) in [6, 6.07) is 7.13. The molecule has 57 valence electrons. The molecule has 11 heavy (non-hydrogen) atoms. The number of benzene rings is 1. The molecule has 0 amide bonds. The van der Waals surface area contributed by atoms with E-state index in [9.17, 15) is 9.18 Å². The van der Waals surface area contributed by atoms with Crippen molar-refractivity contribution < 1.29 is 9.18 Å². The van der Waals surface area contributed by atoms with Crippen LogP contribution in [0, 0.1) is 11.9 Å². The van der Waals surface area contributed by atoms with Crippen molar-refractivity contribution >= 4 is 5.78 Å². The Bertz CT molecular complexity index is 268. The zero-order valence-electron chi connectivity index (χ0n) is 6.23. The van der Waals surface area contributed by atoms with Crippen molar-refractivity contribution in [3.8, 4) is 0 Å². The fraction of sp³-hybridized carbons (Fsp3) is 0.222. The standard InChI is InChI=1S/C9H8FO/c1-7(11)6-8-4-2-3-5-9(8)10/h2-4H,6H2,1H3. The molecule has 1 rings (SSSR count). The molecule has 0 saturated carbocycles. The summed E-state index contributed by atoms with van der Waals surface area (Å²) in [5.41, 5.74) is 0.417. The molecule has 0 aliphatic carbocycles. The predicted octanol–water partition coefficient (Wildman–Crippen LogP) is 1.76. The van der Waals surface area contributed by atoms with E-state index in [-0.39, 0.29) is 12.2 Å². The molecule has 1 radical (unpaired) electrons. The number of carbonyl (C=O) groups is 1. The van der Waals surface area contributed by atoms with Gasteiger partial charge in [-0.15, -0.1) is 0 Å². The Hall–Kier alpha value is -1.18. The van der Waals surface area contributed by atoms with Gasteiger partial charge in [0.15, 0.2) is 0 Å². The Labute approximate surface area is 64.9 Å². The zero-order chi connectivity index (χ0) is 8.27. The van der Waals surface area contributed by atoms with Crippen LogP contribution in [0.3, 0.4) is 0 Å². The Balaban J connectivity index is 2.86. The highest BCUT2D eigenvalue weighted by Gasteiger charge is 2.02. The van der Waals surface area contributed by atoms with E-state index in [0.29, 0.717) is 5.56 Å². The number of rotatable bonds is 2. The highest BCUT2D eigenvalue weighted by Crippen LogP contribution is 2.06. The van der Waals surface area contributed by atoms with Crippen LogP contribution in [0.2, 0.25) is 0 Å². The van der Waals surface area contributed by atoms with Crippen molar-refractivity contribution in [3.63, 3.8) is 0 Å². The summed E-state index contributed by atoms with van der Waals surface area (Å²) in [6.07, 6.45) is 0.156. The van der Waals surface area contributed by atoms with Gasteiger partial charge in [0, 0.05) is 12.5 Å². The molecule has 2 heteroatoms. The Morgan fingerprint density at radius 3 is 3.00 bits per heavy atom. The molecule has 0 saturated heterocycles. The first kappa shape index (κ1) is 7.92. The van der Waals surface area contributed by atoms with Crippen molar-refractivity contribution in [2.24, 2.45) is 0 Å². The summed E-state index contributed by atoms with van der Waals surface area (Å²) >= 11 is 0. The van der Waals surface area contributed by atoms with E-state index in [1.165, 1.54) is 13.0 Å². The average molecular weight is 151 g/mol. The second-order valence-corrected chi connectivity index (χ2v) is 2.39. The van der Waals surface area contributed by atoms with Gasteiger partial charge in [-0.25, -0.2) is 4.39 Å². The van der Waals surface area contributed by atoms with E-state index >= 15 is 0 Å². The summed E-state index contributed by atoms with van der Waals surface area (Å²) in [5, 5.41) is 0. The van der Waals surface area contributed by atoms with Gasteiger partial charge in [0.2, 0.25) is 0 Å². The van der Waals surface area contributed by atoms with E-state index in [1.54, 1.807) is 12.1 Å². The molecular formula is C9H8FO. The van der Waals surface area contributed by atoms with Gasteiger partial charge in [0.1, 0.15) is 11.6 Å². The van der Waals surface area contributed by atoms with E-state index in [2.05, 4.69) is 6.07 Å². The minimum absolute atomic E-state index is 0.0384. The van der Waals surface area contributed by atoms with Gasteiger partial charge in [0.25, 0.3) is 0 Å². The van der Waals surface area contributed by atoms with Gasteiger partial charge in [-0.1, -0.05) is 18.2 Å². The van der Waals surface area contributed by atoms with Crippen molar-refractivity contribution in [3.05, 3.63) is 35.6 Å². The molecule has 0 aliphatic heterocycles. The Morgan fingerprint density at radius 1 is 1.73 bits per heavy atom. The Kier molecular flexibility index (Phi) is 2.36. The molecule has 0 aromatic heterocycles. The third kappa shape index (κ3) is 2.15. The third-order valence-corrected chi connectivity index (χ3v) is 1.33. The van der Waals surface area contributed by atoms with Crippen molar-refractivity contribution in [2.75, 3.05) is 0 Å². The molecule has 0 spiro atoms. The Morgan fingerprint density at radius 2 is 2.45 bits per heavy atom. The maximum absolute atomic E-state index is 12.7. The first-order valence-corrected chi connectivity index (χ1v) is 3.34. The fourth-order valence-electron chi connectivity index (χ4n) is 0.856. The van der Waals surface area contributed by atoms with Crippen molar-refractivity contribution in [2.45, 2.75) is 13.3 Å². The first-order valence-electron chi connectivity index (χ1n) is 3.34. The highest BCUT2D eigenvalue weighted by atomic mass is 19.1. The number of Topliss-reactive ketones (excluding diaryl/α,β-unsaturated/α-hetero) is 1. The summed E-state index contributed by atoms with van der Waals surface area (Å²) in [5.74, 6) is -0.466. The van der Waals surface area contributed by atoms with Gasteiger partial charge in [-0.3, -0.25) is 4.79 Å². The lowest BCUT2D eigenvalue weighted by Crippen LogP contribution is -1.98. The smallest absolute Gasteiger partial charge is 0.134 e. The molecule has 0 unspecified atom stereocenters. The van der Waals surface area contributed by atoms with Crippen LogP contribution in [-0.2, 0) is 11.2 Å². The normalized spacial score (nSPS) is 9.64. The zero-order valence-corrected chi connectivity index (χ0v) is 6.23. The lowest BCUT2D eigenvalue weighted by Gasteiger charge is -1.96. The summed E-state index contributed by atoms with van der Waals surface area (Å²) in [4.78, 5) is 10.6. The number of hydrogen-bond acceptors (Lipinski definition) is 1. The monoisotopic (exact) mass is 151 g/mol. The first-order chi connectivity index (χ1) is 5.20. The molecule has 0 heterocycles. The third-order valence-electron chi connectivity index (χ3n) is 1.33. The average Bonchev–Trinajstić information content (AvgIpc) is 1.93. The highest BCUT2D eigenvalue weighted by molar-refractivity contribution is 5.78. The van der Waals surface area contributed by atoms with Crippen LogP contribution in [0.15, 0.2) is 18.2 Å². The molecule has 1 aromatic rings. The minimum atomic E-state index is -0.428. The summed E-state index contributed by atoms with van der Waals surface area (Å²) in [7, 11) is 0. The molecule has 0 aliphatic rings. The van der Waals surface area contributed by atoms with Crippen LogP contribution in [0.25, 0.3) is 0 Å². The number of carbonyl (C=O) groups excluding carboxylic acids is 1. The van der Waals surface area contributed by atoms with Crippen LogP contribution in [-0.4, -0.2) is 5.78 Å². The number of ketones is 1. The quantitative estimate of drug-likeness (QED) is 0.629. The lowest BCUT2D eigenvalue weighted by molar-refractivity contribution is -0.116. The van der Waals surface area contributed by atoms with Crippen LogP contribution in [0.5, 0.6) is 0 Å². The summed E-state index contributed by atoms with van der Waals surface area (Å²) in [6.45, 7) is 1.44. The summed E-state index contributed by atoms with van der Waals surface area (Å²) < 4.78 is 12.7. The van der Waals surface area contributed by atoms with Gasteiger partial charge in [-0.05, 0) is 12.5 Å². The van der Waals surface area contributed by atoms with Crippen LogP contribution in [0.4, 0.5) is 4.39 Å². The topological polar surface area (TPSA) is 17.1 Å².